The van der Waals surface area contributed by atoms with E-state index in [0.29, 0.717) is 11.5 Å². The Kier molecular flexibility index (Phi) is 6.98. The van der Waals surface area contributed by atoms with Crippen LogP contribution in [-0.4, -0.2) is 39.7 Å². The number of thioether (sulfide) groups is 1. The van der Waals surface area contributed by atoms with Gasteiger partial charge in [0.15, 0.2) is 0 Å². The van der Waals surface area contributed by atoms with E-state index in [0.717, 1.165) is 0 Å². The Morgan fingerprint density at radius 3 is 2.73 bits per heavy atom. The molecule has 0 aliphatic rings. The molecule has 0 unspecified atom stereocenters. The van der Waals surface area contributed by atoms with Crippen molar-refractivity contribution in [2.45, 2.75) is 11.4 Å². The van der Waals surface area contributed by atoms with Crippen molar-refractivity contribution in [2.24, 2.45) is 0 Å². The van der Waals surface area contributed by atoms with Crippen LogP contribution in [-0.2, 0) is 0 Å². The third-order valence-corrected chi connectivity index (χ3v) is 2.84. The first kappa shape index (κ1) is 11.2. The summed E-state index contributed by atoms with van der Waals surface area (Å²) in [6.45, 7) is -0.245. The number of thiol groups is 1. The van der Waals surface area contributed by atoms with Crippen LogP contribution in [0.4, 0.5) is 0 Å². The van der Waals surface area contributed by atoms with Gasteiger partial charge in [-0.1, -0.05) is 5.92 Å². The SMILES string of the molecule is C#CCSC[C@@H](S)[C@H](O)CO. The van der Waals surface area contributed by atoms with Crippen LogP contribution >= 0.6 is 24.4 Å². The molecule has 0 aromatic carbocycles. The summed E-state index contributed by atoms with van der Waals surface area (Å²) in [6, 6.07) is 0. The van der Waals surface area contributed by atoms with E-state index in [4.69, 9.17) is 16.6 Å². The zero-order valence-electron chi connectivity index (χ0n) is 6.10. The van der Waals surface area contributed by atoms with Crippen LogP contribution in [0.5, 0.6) is 0 Å². The van der Waals surface area contributed by atoms with Crippen molar-refractivity contribution in [1.29, 1.82) is 0 Å². The van der Waals surface area contributed by atoms with Gasteiger partial charge in [-0.3, -0.25) is 0 Å². The Bertz CT molecular complexity index is 133. The minimum Gasteiger partial charge on any atom is -0.394 e. The second-order valence-electron chi connectivity index (χ2n) is 2.04. The second-order valence-corrected chi connectivity index (χ2v) is 3.73. The van der Waals surface area contributed by atoms with Gasteiger partial charge < -0.3 is 10.2 Å². The van der Waals surface area contributed by atoms with Gasteiger partial charge in [0.25, 0.3) is 0 Å². The van der Waals surface area contributed by atoms with Gasteiger partial charge in [0, 0.05) is 11.0 Å². The maximum Gasteiger partial charge on any atom is 0.0894 e. The van der Waals surface area contributed by atoms with Crippen molar-refractivity contribution >= 4 is 24.4 Å². The molecule has 0 rings (SSSR count). The third kappa shape index (κ3) is 5.45. The number of hydrogen-bond acceptors (Lipinski definition) is 4. The zero-order valence-corrected chi connectivity index (χ0v) is 7.81. The molecule has 0 saturated heterocycles. The van der Waals surface area contributed by atoms with E-state index in [9.17, 15) is 0 Å². The molecule has 0 spiro atoms. The average Bonchev–Trinajstić information content (AvgIpc) is 2.03. The Labute approximate surface area is 76.8 Å². The van der Waals surface area contributed by atoms with E-state index >= 15 is 0 Å². The normalized spacial score (nSPS) is 15.5. The van der Waals surface area contributed by atoms with E-state index in [1.165, 1.54) is 11.8 Å². The van der Waals surface area contributed by atoms with Crippen LogP contribution in [0.1, 0.15) is 0 Å². The Morgan fingerprint density at radius 2 is 2.27 bits per heavy atom. The fourth-order valence-corrected chi connectivity index (χ4v) is 1.58. The van der Waals surface area contributed by atoms with E-state index in [1.807, 2.05) is 0 Å². The number of aliphatic hydroxyl groups excluding tert-OH is 2. The highest BCUT2D eigenvalue weighted by Gasteiger charge is 2.12. The molecule has 0 bridgehead atoms. The minimum atomic E-state index is -0.747. The Hall–Kier alpha value is 0.180. The van der Waals surface area contributed by atoms with Crippen LogP contribution in [0.15, 0.2) is 0 Å². The summed E-state index contributed by atoms with van der Waals surface area (Å²) in [7, 11) is 0. The summed E-state index contributed by atoms with van der Waals surface area (Å²) in [6.07, 6.45) is 4.27. The van der Waals surface area contributed by atoms with Crippen molar-refractivity contribution < 1.29 is 10.2 Å². The predicted molar refractivity (Wildman–Crippen MR) is 52.0 cm³/mol. The fourth-order valence-electron chi connectivity index (χ4n) is 0.471. The molecule has 64 valence electrons. The number of hydrogen-bond donors (Lipinski definition) is 3. The first-order valence-electron chi connectivity index (χ1n) is 3.20. The molecule has 2 N–H and O–H groups in total. The van der Waals surface area contributed by atoms with Gasteiger partial charge >= 0.3 is 0 Å². The molecule has 4 heteroatoms. The monoisotopic (exact) mass is 192 g/mol. The summed E-state index contributed by atoms with van der Waals surface area (Å²) in [5.41, 5.74) is 0. The zero-order chi connectivity index (χ0) is 8.69. The number of aliphatic hydroxyl groups is 2. The highest BCUT2D eigenvalue weighted by molar-refractivity contribution is 8.00. The van der Waals surface area contributed by atoms with Crippen molar-refractivity contribution in [1.82, 2.24) is 0 Å². The highest BCUT2D eigenvalue weighted by Crippen LogP contribution is 2.10. The molecule has 0 heterocycles. The van der Waals surface area contributed by atoms with Crippen LogP contribution in [0.25, 0.3) is 0 Å². The van der Waals surface area contributed by atoms with Crippen molar-refractivity contribution in [2.75, 3.05) is 18.1 Å². The molecule has 0 aromatic heterocycles. The topological polar surface area (TPSA) is 40.5 Å². The maximum atomic E-state index is 9.03. The summed E-state index contributed by atoms with van der Waals surface area (Å²) < 4.78 is 0. The van der Waals surface area contributed by atoms with Gasteiger partial charge in [-0.05, 0) is 0 Å². The third-order valence-electron chi connectivity index (χ3n) is 1.11. The van der Waals surface area contributed by atoms with Crippen LogP contribution in [0.2, 0.25) is 0 Å². The first-order chi connectivity index (χ1) is 5.22. The fraction of sp³-hybridized carbons (Fsp3) is 0.714. The molecule has 0 radical (unpaired) electrons. The van der Waals surface area contributed by atoms with E-state index < -0.39 is 6.10 Å². The lowest BCUT2D eigenvalue weighted by Gasteiger charge is -2.13. The van der Waals surface area contributed by atoms with E-state index in [2.05, 4.69) is 18.5 Å². The van der Waals surface area contributed by atoms with Gasteiger partial charge in [-0.25, -0.2) is 0 Å². The van der Waals surface area contributed by atoms with Crippen LogP contribution in [0, 0.1) is 12.3 Å². The quantitative estimate of drug-likeness (QED) is 0.326. The van der Waals surface area contributed by atoms with E-state index in [1.54, 1.807) is 0 Å². The molecule has 0 aliphatic heterocycles. The van der Waals surface area contributed by atoms with Gasteiger partial charge in [-0.15, -0.1) is 18.2 Å². The molecule has 0 aliphatic carbocycles. The second kappa shape index (κ2) is 6.86. The number of terminal acetylenes is 1. The molecule has 11 heavy (non-hydrogen) atoms. The average molecular weight is 192 g/mol. The Balaban J connectivity index is 3.37. The van der Waals surface area contributed by atoms with Gasteiger partial charge in [0.1, 0.15) is 0 Å². The smallest absolute Gasteiger partial charge is 0.0894 e. The largest absolute Gasteiger partial charge is 0.394 e. The summed E-state index contributed by atoms with van der Waals surface area (Å²) in [4.78, 5) is 0. The lowest BCUT2D eigenvalue weighted by Crippen LogP contribution is -2.26. The molecule has 0 fully saturated rings. The summed E-state index contributed by atoms with van der Waals surface area (Å²) in [5, 5.41) is 17.4. The van der Waals surface area contributed by atoms with Gasteiger partial charge in [0.2, 0.25) is 0 Å². The number of rotatable bonds is 5. The molecule has 2 atom stereocenters. The maximum absolute atomic E-state index is 9.03. The minimum absolute atomic E-state index is 0.196. The summed E-state index contributed by atoms with van der Waals surface area (Å²) >= 11 is 5.60. The van der Waals surface area contributed by atoms with Crippen LogP contribution in [0.3, 0.4) is 0 Å². The lowest BCUT2D eigenvalue weighted by molar-refractivity contribution is 0.0978. The molecule has 0 aromatic rings. The van der Waals surface area contributed by atoms with Gasteiger partial charge in [-0.2, -0.15) is 12.6 Å². The predicted octanol–water partition coefficient (Wildman–Crippen LogP) is 0.00440. The highest BCUT2D eigenvalue weighted by atomic mass is 32.2. The molecular formula is C7H12O2S2. The van der Waals surface area contributed by atoms with Crippen molar-refractivity contribution in [3.05, 3.63) is 0 Å². The van der Waals surface area contributed by atoms with Gasteiger partial charge in [0.05, 0.1) is 18.5 Å². The first-order valence-corrected chi connectivity index (χ1v) is 4.87. The molecule has 0 saturated carbocycles. The van der Waals surface area contributed by atoms with E-state index in [-0.39, 0.29) is 11.9 Å². The van der Waals surface area contributed by atoms with Crippen molar-refractivity contribution in [3.8, 4) is 12.3 Å². The summed E-state index contributed by atoms with van der Waals surface area (Å²) in [5.74, 6) is 3.75. The molecular weight excluding hydrogens is 180 g/mol. The standard InChI is InChI=1S/C7H12O2S2/c1-2-3-11-5-7(10)6(9)4-8/h1,6-10H,3-5H2/t6-,7-/m1/s1. The molecule has 0 amide bonds. The van der Waals surface area contributed by atoms with Crippen molar-refractivity contribution in [3.63, 3.8) is 0 Å². The van der Waals surface area contributed by atoms with Crippen LogP contribution < -0.4 is 0 Å². The Morgan fingerprint density at radius 1 is 1.64 bits per heavy atom. The molecule has 2 nitrogen and oxygen atoms in total. The lowest BCUT2D eigenvalue weighted by atomic mass is 10.3.